The largest absolute Gasteiger partial charge is 0.412 e. The summed E-state index contributed by atoms with van der Waals surface area (Å²) in [4.78, 5) is 50.6. The van der Waals surface area contributed by atoms with E-state index >= 15 is 4.39 Å². The first-order valence-electron chi connectivity index (χ1n) is 30.6. The van der Waals surface area contributed by atoms with Crippen LogP contribution in [0.15, 0.2) is 131 Å². The summed E-state index contributed by atoms with van der Waals surface area (Å²) in [5.41, 5.74) is 7.56. The van der Waals surface area contributed by atoms with Crippen LogP contribution in [0.5, 0.6) is 0 Å². The van der Waals surface area contributed by atoms with Gasteiger partial charge in [0.15, 0.2) is 6.68 Å². The monoisotopic (exact) mass is 1350 g/mol. The van der Waals surface area contributed by atoms with Crippen LogP contribution in [0.1, 0.15) is 80.1 Å². The van der Waals surface area contributed by atoms with Crippen molar-refractivity contribution in [1.82, 2.24) is 24.7 Å². The van der Waals surface area contributed by atoms with Crippen LogP contribution in [-0.4, -0.2) is 168 Å². The molecule has 0 saturated carbocycles. The first kappa shape index (κ1) is 73.0. The Balaban J connectivity index is 0.00000163. The van der Waals surface area contributed by atoms with Gasteiger partial charge in [-0.3, -0.25) is 29.3 Å². The number of piperazine rings is 1. The second-order valence-corrected chi connectivity index (χ2v) is 27.2. The van der Waals surface area contributed by atoms with E-state index in [-0.39, 0.29) is 82.8 Å². The topological polar surface area (TPSA) is 222 Å². The maximum Gasteiger partial charge on any atom is 0.264 e. The molecule has 5 saturated heterocycles. The van der Waals surface area contributed by atoms with Crippen molar-refractivity contribution in [2.24, 2.45) is 11.3 Å². The fourth-order valence-electron chi connectivity index (χ4n) is 13.1. The number of anilines is 4. The Morgan fingerprint density at radius 3 is 2.24 bits per heavy atom. The third kappa shape index (κ3) is 20.8. The molecule has 1 unspecified atom stereocenters. The number of benzene rings is 5. The molecule has 5 fully saturated rings. The summed E-state index contributed by atoms with van der Waals surface area (Å²) in [6.07, 6.45) is 9.17. The van der Waals surface area contributed by atoms with E-state index in [4.69, 9.17) is 16.3 Å². The summed E-state index contributed by atoms with van der Waals surface area (Å²) in [6, 6.07) is 38.3. The molecule has 1 radical (unpaired) electrons. The molecule has 3 atom stereocenters. The van der Waals surface area contributed by atoms with Gasteiger partial charge in [0.05, 0.1) is 12.3 Å². The Bertz CT molecular complexity index is 3290. The summed E-state index contributed by atoms with van der Waals surface area (Å²) in [7, 11) is -4.17. The van der Waals surface area contributed by atoms with Crippen LogP contribution < -0.4 is 30.5 Å². The van der Waals surface area contributed by atoms with Crippen LogP contribution in [0.4, 0.5) is 40.3 Å². The summed E-state index contributed by atoms with van der Waals surface area (Å²) in [6.45, 7) is 10.4. The van der Waals surface area contributed by atoms with Crippen molar-refractivity contribution in [3.63, 3.8) is 0 Å². The average molecular weight is 1350 g/mol. The summed E-state index contributed by atoms with van der Waals surface area (Å²) < 4.78 is 79.3. The molecule has 1 aliphatic carbocycles. The van der Waals surface area contributed by atoms with Crippen LogP contribution in [0, 0.1) is 29.9 Å². The molecule has 17 nitrogen and oxygen atoms in total. The number of ether oxygens (including phenoxy) is 1. The third-order valence-electron chi connectivity index (χ3n) is 18.0. The molecular formula is C66H82ClF4N9O8S2Sc-2. The zero-order valence-electron chi connectivity index (χ0n) is 51.1. The van der Waals surface area contributed by atoms with Crippen LogP contribution in [-0.2, 0) is 50.2 Å². The normalized spacial score (nSPS) is 20.2. The second-order valence-electron chi connectivity index (χ2n) is 23.9. The average Bonchev–Trinajstić information content (AvgIpc) is 1.07. The van der Waals surface area contributed by atoms with Gasteiger partial charge in [-0.2, -0.15) is 18.2 Å². The zero-order valence-corrected chi connectivity index (χ0v) is 55.2. The number of carbonyl (C=O) groups is 3. The standard InChI is InChI=1S/C65H78ClFN9O6S2.CF3.2H2O.Sc/c66-51-11-7-48(8-12-51)58-23-26-65(27-32-73(33-28-65)43-47-24-31-76(44-47)61-21-15-53(41-59(61)67)69-60-20-22-62(77)70-64(60)79)42-50(58)45-74-34-36-75(37-35-74)55-16-9-49(10-17-55)63(78)71-84(80,81)57-18-13-52(14-19-57)68-54(46-83-56-5-2-1-3-6-56)25-30-72-29-4-39-82-40-38-72;2-1(3)4;;;/h1-3,5-13,15-19,21,41,47,54,60,68-69H,4,20,22-40,42-46H2,(H,71,78)(H,70,77,79);;2*1H2;/q2*-1;;;/t47-,54+,60?;;;;/m0..../s1. The fraction of sp³-hybridized carbons (Fsp3) is 0.455. The summed E-state index contributed by atoms with van der Waals surface area (Å²) in [5.74, 6) is -0.373. The van der Waals surface area contributed by atoms with Gasteiger partial charge in [-0.05, 0) is 165 Å². The number of hydrogen-bond donors (Lipinski definition) is 4. The van der Waals surface area contributed by atoms with Crippen molar-refractivity contribution >= 4 is 79.4 Å². The predicted octanol–water partition coefficient (Wildman–Crippen LogP) is 9.36. The van der Waals surface area contributed by atoms with Gasteiger partial charge in [-0.1, -0.05) is 53.2 Å². The molecular weight excluding hydrogens is 1270 g/mol. The molecule has 1 spiro atoms. The smallest absolute Gasteiger partial charge is 0.264 e. The number of amides is 3. The molecule has 5 heterocycles. The molecule has 491 valence electrons. The van der Waals surface area contributed by atoms with E-state index in [0.717, 1.165) is 166 Å². The quantitative estimate of drug-likeness (QED) is 0.0247. The minimum Gasteiger partial charge on any atom is -0.412 e. The van der Waals surface area contributed by atoms with Gasteiger partial charge in [-0.25, -0.2) is 12.8 Å². The maximum absolute atomic E-state index is 15.5. The fourth-order valence-corrected chi connectivity index (χ4v) is 15.2. The second kappa shape index (κ2) is 34.7. The molecule has 0 aromatic heterocycles. The molecule has 0 bridgehead atoms. The van der Waals surface area contributed by atoms with Crippen LogP contribution >= 0.6 is 23.4 Å². The number of allylic oxidation sites excluding steroid dienone is 1. The van der Waals surface area contributed by atoms with Gasteiger partial charge in [0.1, 0.15) is 11.9 Å². The van der Waals surface area contributed by atoms with Crippen molar-refractivity contribution in [3.05, 3.63) is 156 Å². The number of sulfonamides is 1. The van der Waals surface area contributed by atoms with Crippen LogP contribution in [0.3, 0.4) is 0 Å². The molecule has 5 aliphatic heterocycles. The molecule has 3 amide bonds. The minimum atomic E-state index is -4.17. The SMILES string of the molecule is F[C-](F)F.O.O.O=C1CCC(Nc2ccc(N3CC[C@@H](CN4CCC5(CCC(c6ccc(Cl)cc6)=C(CN6CCN(c7ccc(C(=O)NS(=O)(=O)c8c[c-]c(N[C@H](CCN9CCCOCC9)CSc9ccccc9)cc8)cc7)CC6)C5)CC4)C3)c(F)c2)C(=O)N1.[Sc]. The number of thioether (sulfide) groups is 1. The number of imide groups is 1. The number of rotatable bonds is 20. The van der Waals surface area contributed by atoms with E-state index in [0.29, 0.717) is 29.4 Å². The van der Waals surface area contributed by atoms with E-state index < -0.39 is 28.7 Å². The molecule has 8 N–H and O–H groups in total. The molecule has 91 heavy (non-hydrogen) atoms. The molecule has 11 rings (SSSR count). The third-order valence-corrected chi connectivity index (χ3v) is 20.7. The Kier molecular flexibility index (Phi) is 27.8. The van der Waals surface area contributed by atoms with E-state index in [9.17, 15) is 36.0 Å². The summed E-state index contributed by atoms with van der Waals surface area (Å²) >= 11 is 8.18. The molecule has 6 aliphatic rings. The van der Waals surface area contributed by atoms with Crippen molar-refractivity contribution in [2.45, 2.75) is 86.1 Å². The van der Waals surface area contributed by atoms with Gasteiger partial charge in [0.25, 0.3) is 5.91 Å². The number of likely N-dealkylation sites (tertiary alicyclic amines) is 1. The van der Waals surface area contributed by atoms with Gasteiger partial charge in [-0.15, -0.1) is 17.8 Å². The molecule has 25 heteroatoms. The minimum absolute atomic E-state index is 0. The van der Waals surface area contributed by atoms with Crippen LogP contribution in [0.2, 0.25) is 5.02 Å². The van der Waals surface area contributed by atoms with Crippen molar-refractivity contribution < 1.29 is 81.9 Å². The predicted molar refractivity (Wildman–Crippen MR) is 347 cm³/mol. The van der Waals surface area contributed by atoms with Gasteiger partial charge in [0, 0.05) is 150 Å². The zero-order chi connectivity index (χ0) is 61.6. The van der Waals surface area contributed by atoms with E-state index in [2.05, 4.69) is 75.5 Å². The first-order chi connectivity index (χ1) is 42.5. The van der Waals surface area contributed by atoms with Crippen molar-refractivity contribution in [1.29, 1.82) is 0 Å². The number of hydrogen-bond acceptors (Lipinski definition) is 14. The number of nitrogens with one attached hydrogen (secondary N) is 4. The number of halogens is 5. The van der Waals surface area contributed by atoms with Crippen molar-refractivity contribution in [2.75, 3.05) is 124 Å². The van der Waals surface area contributed by atoms with E-state index in [1.54, 1.807) is 36.0 Å². The Hall–Kier alpha value is -5.41. The first-order valence-corrected chi connectivity index (χ1v) is 33.4. The molecule has 5 aromatic rings. The summed E-state index contributed by atoms with van der Waals surface area (Å²) in [5, 5.41) is 9.78. The van der Waals surface area contributed by atoms with Crippen LogP contribution in [0.25, 0.3) is 5.57 Å². The van der Waals surface area contributed by atoms with E-state index in [1.807, 2.05) is 48.5 Å². The number of carbonyl (C=O) groups excluding carboxylic acids is 3. The van der Waals surface area contributed by atoms with Gasteiger partial charge < -0.3 is 59.1 Å². The Labute approximate surface area is 559 Å². The number of piperidine rings is 2. The maximum atomic E-state index is 15.5. The number of nitrogens with zero attached hydrogens (tertiary/aromatic N) is 5. The van der Waals surface area contributed by atoms with Gasteiger partial charge >= 0.3 is 0 Å². The Morgan fingerprint density at radius 1 is 0.813 bits per heavy atom. The Morgan fingerprint density at radius 2 is 1.55 bits per heavy atom. The van der Waals surface area contributed by atoms with Gasteiger partial charge in [0.2, 0.25) is 21.8 Å². The van der Waals surface area contributed by atoms with Crippen molar-refractivity contribution in [3.8, 4) is 0 Å². The molecule has 5 aromatic carbocycles. The van der Waals surface area contributed by atoms with E-state index in [1.165, 1.54) is 39.8 Å².